The standard InChI is InChI=1S/C12H12ClNS/c13-6-7-14-12-3-1-10(2-4-12)11-5-8-15-9-11/h1-5,8-9,14H,6-7H2. The van der Waals surface area contributed by atoms with Crippen LogP contribution in [0.1, 0.15) is 0 Å². The van der Waals surface area contributed by atoms with Crippen molar-refractivity contribution >= 4 is 28.6 Å². The molecular weight excluding hydrogens is 226 g/mol. The Hall–Kier alpha value is -0.990. The predicted octanol–water partition coefficient (Wildman–Crippen LogP) is 4.07. The van der Waals surface area contributed by atoms with Crippen molar-refractivity contribution in [2.45, 2.75) is 0 Å². The van der Waals surface area contributed by atoms with E-state index in [0.29, 0.717) is 5.88 Å². The summed E-state index contributed by atoms with van der Waals surface area (Å²) in [5, 5.41) is 7.48. The van der Waals surface area contributed by atoms with Crippen LogP contribution in [0.4, 0.5) is 5.69 Å². The molecule has 0 aliphatic carbocycles. The lowest BCUT2D eigenvalue weighted by atomic mass is 10.1. The van der Waals surface area contributed by atoms with E-state index < -0.39 is 0 Å². The zero-order chi connectivity index (χ0) is 10.5. The Labute approximate surface area is 98.7 Å². The molecule has 3 heteroatoms. The molecule has 0 fully saturated rings. The van der Waals surface area contributed by atoms with Crippen LogP contribution in [-0.2, 0) is 0 Å². The number of hydrogen-bond donors (Lipinski definition) is 1. The molecule has 0 aliphatic rings. The molecule has 0 spiro atoms. The van der Waals surface area contributed by atoms with E-state index in [1.165, 1.54) is 11.1 Å². The maximum atomic E-state index is 5.60. The van der Waals surface area contributed by atoms with Gasteiger partial charge in [0.1, 0.15) is 0 Å². The molecule has 0 aliphatic heterocycles. The van der Waals surface area contributed by atoms with Crippen molar-refractivity contribution in [2.75, 3.05) is 17.7 Å². The molecule has 1 aromatic carbocycles. The molecule has 0 unspecified atom stereocenters. The first-order valence-corrected chi connectivity index (χ1v) is 6.30. The number of alkyl halides is 1. The predicted molar refractivity (Wildman–Crippen MR) is 69.0 cm³/mol. The summed E-state index contributed by atoms with van der Waals surface area (Å²) < 4.78 is 0. The highest BCUT2D eigenvalue weighted by molar-refractivity contribution is 7.08. The number of nitrogens with one attached hydrogen (secondary N) is 1. The van der Waals surface area contributed by atoms with Crippen LogP contribution in [-0.4, -0.2) is 12.4 Å². The topological polar surface area (TPSA) is 12.0 Å². The van der Waals surface area contributed by atoms with Gasteiger partial charge in [-0.2, -0.15) is 11.3 Å². The second kappa shape index (κ2) is 5.19. The van der Waals surface area contributed by atoms with Crippen LogP contribution in [0.5, 0.6) is 0 Å². The van der Waals surface area contributed by atoms with Gasteiger partial charge < -0.3 is 5.32 Å². The third-order valence-corrected chi connectivity index (χ3v) is 3.04. The SMILES string of the molecule is ClCCNc1ccc(-c2ccsc2)cc1. The van der Waals surface area contributed by atoms with E-state index in [0.717, 1.165) is 12.2 Å². The summed E-state index contributed by atoms with van der Waals surface area (Å²) in [6, 6.07) is 10.5. The van der Waals surface area contributed by atoms with Crippen LogP contribution in [0.3, 0.4) is 0 Å². The van der Waals surface area contributed by atoms with Crippen molar-refractivity contribution in [3.8, 4) is 11.1 Å². The lowest BCUT2D eigenvalue weighted by molar-refractivity contribution is 1.22. The van der Waals surface area contributed by atoms with Gasteiger partial charge in [-0.1, -0.05) is 12.1 Å². The largest absolute Gasteiger partial charge is 0.384 e. The first kappa shape index (κ1) is 10.5. The van der Waals surface area contributed by atoms with Crippen molar-refractivity contribution in [3.63, 3.8) is 0 Å². The number of anilines is 1. The minimum Gasteiger partial charge on any atom is -0.384 e. The summed E-state index contributed by atoms with van der Waals surface area (Å²) in [5.41, 5.74) is 3.66. The normalized spacial score (nSPS) is 10.2. The van der Waals surface area contributed by atoms with Gasteiger partial charge in [-0.05, 0) is 40.1 Å². The number of rotatable bonds is 4. The third kappa shape index (κ3) is 2.74. The minimum absolute atomic E-state index is 0.631. The second-order valence-electron chi connectivity index (χ2n) is 3.21. The summed E-state index contributed by atoms with van der Waals surface area (Å²) in [6.45, 7) is 0.805. The Morgan fingerprint density at radius 1 is 1.07 bits per heavy atom. The second-order valence-corrected chi connectivity index (χ2v) is 4.36. The van der Waals surface area contributed by atoms with Crippen LogP contribution < -0.4 is 5.32 Å². The van der Waals surface area contributed by atoms with Gasteiger partial charge in [0.25, 0.3) is 0 Å². The van der Waals surface area contributed by atoms with Crippen LogP contribution in [0.15, 0.2) is 41.1 Å². The van der Waals surface area contributed by atoms with Crippen molar-refractivity contribution < 1.29 is 0 Å². The summed E-state index contributed by atoms with van der Waals surface area (Å²) >= 11 is 7.32. The maximum absolute atomic E-state index is 5.60. The molecule has 0 saturated heterocycles. The Bertz CT molecular complexity index is 394. The maximum Gasteiger partial charge on any atom is 0.0396 e. The van der Waals surface area contributed by atoms with Crippen molar-refractivity contribution in [1.82, 2.24) is 0 Å². The van der Waals surface area contributed by atoms with E-state index in [1.807, 2.05) is 0 Å². The average Bonchev–Trinajstić information content (AvgIpc) is 2.80. The van der Waals surface area contributed by atoms with Gasteiger partial charge in [0.05, 0.1) is 0 Å². The van der Waals surface area contributed by atoms with Crippen molar-refractivity contribution in [1.29, 1.82) is 0 Å². The molecule has 0 radical (unpaired) electrons. The molecule has 1 aromatic heterocycles. The summed E-state index contributed by atoms with van der Waals surface area (Å²) in [6.07, 6.45) is 0. The molecule has 2 rings (SSSR count). The van der Waals surface area contributed by atoms with Crippen LogP contribution in [0.2, 0.25) is 0 Å². The third-order valence-electron chi connectivity index (χ3n) is 2.16. The number of halogens is 1. The van der Waals surface area contributed by atoms with E-state index >= 15 is 0 Å². The van der Waals surface area contributed by atoms with Gasteiger partial charge in [0.15, 0.2) is 0 Å². The van der Waals surface area contributed by atoms with Gasteiger partial charge in [0, 0.05) is 18.1 Å². The smallest absolute Gasteiger partial charge is 0.0396 e. The molecule has 1 nitrogen and oxygen atoms in total. The van der Waals surface area contributed by atoms with E-state index in [-0.39, 0.29) is 0 Å². The van der Waals surface area contributed by atoms with Gasteiger partial charge in [-0.25, -0.2) is 0 Å². The highest BCUT2D eigenvalue weighted by Gasteiger charge is 1.97. The van der Waals surface area contributed by atoms with E-state index in [9.17, 15) is 0 Å². The molecule has 1 heterocycles. The highest BCUT2D eigenvalue weighted by atomic mass is 35.5. The minimum atomic E-state index is 0.631. The Morgan fingerprint density at radius 3 is 2.47 bits per heavy atom. The molecule has 2 aromatic rings. The van der Waals surface area contributed by atoms with E-state index in [1.54, 1.807) is 11.3 Å². The fourth-order valence-electron chi connectivity index (χ4n) is 1.40. The number of thiophene rings is 1. The average molecular weight is 238 g/mol. The van der Waals surface area contributed by atoms with Gasteiger partial charge in [-0.3, -0.25) is 0 Å². The van der Waals surface area contributed by atoms with Gasteiger partial charge >= 0.3 is 0 Å². The zero-order valence-electron chi connectivity index (χ0n) is 8.24. The molecular formula is C12H12ClNS. The van der Waals surface area contributed by atoms with Crippen LogP contribution in [0, 0.1) is 0 Å². The molecule has 0 saturated carbocycles. The van der Waals surface area contributed by atoms with Crippen molar-refractivity contribution in [2.24, 2.45) is 0 Å². The van der Waals surface area contributed by atoms with Crippen LogP contribution >= 0.6 is 22.9 Å². The summed E-state index contributed by atoms with van der Waals surface area (Å²) in [4.78, 5) is 0. The molecule has 1 N–H and O–H groups in total. The summed E-state index contributed by atoms with van der Waals surface area (Å²) in [5.74, 6) is 0.631. The van der Waals surface area contributed by atoms with E-state index in [4.69, 9.17) is 11.6 Å². The Balaban J connectivity index is 2.11. The molecule has 0 amide bonds. The lowest BCUT2D eigenvalue weighted by Gasteiger charge is -2.04. The first-order valence-electron chi connectivity index (χ1n) is 4.82. The molecule has 15 heavy (non-hydrogen) atoms. The lowest BCUT2D eigenvalue weighted by Crippen LogP contribution is -2.01. The number of benzene rings is 1. The number of hydrogen-bond acceptors (Lipinski definition) is 2. The zero-order valence-corrected chi connectivity index (χ0v) is 9.81. The van der Waals surface area contributed by atoms with Crippen molar-refractivity contribution in [3.05, 3.63) is 41.1 Å². The quantitative estimate of drug-likeness (QED) is 0.791. The Morgan fingerprint density at radius 2 is 1.87 bits per heavy atom. The van der Waals surface area contributed by atoms with Gasteiger partial charge in [0.2, 0.25) is 0 Å². The summed E-state index contributed by atoms with van der Waals surface area (Å²) in [7, 11) is 0. The van der Waals surface area contributed by atoms with Gasteiger partial charge in [-0.15, -0.1) is 11.6 Å². The Kier molecular flexibility index (Phi) is 3.64. The monoisotopic (exact) mass is 237 g/mol. The first-order chi connectivity index (χ1) is 7.40. The molecule has 78 valence electrons. The van der Waals surface area contributed by atoms with Crippen LogP contribution in [0.25, 0.3) is 11.1 Å². The fraction of sp³-hybridized carbons (Fsp3) is 0.167. The van der Waals surface area contributed by atoms with E-state index in [2.05, 4.69) is 46.4 Å². The highest BCUT2D eigenvalue weighted by Crippen LogP contribution is 2.23. The molecule has 0 atom stereocenters. The molecule has 0 bridgehead atoms. The fourth-order valence-corrected chi connectivity index (χ4v) is 2.16.